The van der Waals surface area contributed by atoms with Crippen molar-refractivity contribution in [3.63, 3.8) is 0 Å². The summed E-state index contributed by atoms with van der Waals surface area (Å²) in [6.07, 6.45) is 4.48. The molecular weight excluding hydrogens is 96.1 g/mol. The van der Waals surface area contributed by atoms with Crippen molar-refractivity contribution in [3.8, 4) is 11.8 Å². The van der Waals surface area contributed by atoms with Gasteiger partial charge in [0, 0.05) is 12.5 Å². The molecule has 42 valence electrons. The van der Waals surface area contributed by atoms with E-state index in [1.165, 1.54) is 0 Å². The Morgan fingerprint density at radius 3 is 2.75 bits per heavy atom. The molecule has 0 radical (unpaired) electrons. The van der Waals surface area contributed by atoms with Crippen molar-refractivity contribution < 1.29 is 0 Å². The first kappa shape index (κ1) is 7.08. The zero-order chi connectivity index (χ0) is 6.24. The predicted molar refractivity (Wildman–Crippen MR) is 36.4 cm³/mol. The van der Waals surface area contributed by atoms with Crippen LogP contribution in [0.5, 0.6) is 0 Å². The highest BCUT2D eigenvalue weighted by atomic mass is 13.6. The highest BCUT2D eigenvalue weighted by Crippen LogP contribution is 1.67. The van der Waals surface area contributed by atoms with Gasteiger partial charge in [-0.3, -0.25) is 0 Å². The molecule has 0 atom stereocenters. The molecule has 0 rings (SSSR count). The Hall–Kier alpha value is -0.920. The minimum atomic E-state index is 0.919. The lowest BCUT2D eigenvalue weighted by molar-refractivity contribution is 1.28. The second-order valence-corrected chi connectivity index (χ2v) is 1.27. The van der Waals surface area contributed by atoms with Crippen LogP contribution in [0.4, 0.5) is 0 Å². The molecule has 0 heterocycles. The summed E-state index contributed by atoms with van der Waals surface area (Å²) in [6.45, 7) is 3.95. The number of hydrogen-bond donors (Lipinski definition) is 0. The van der Waals surface area contributed by atoms with Crippen LogP contribution in [0.3, 0.4) is 0 Å². The van der Waals surface area contributed by atoms with Crippen LogP contribution in [-0.4, -0.2) is 0 Å². The standard InChI is InChI=1S/C8H10/c1-3-5-7-8-6-4-2/h3,7H,4H2,1-2H3. The Morgan fingerprint density at radius 1 is 1.50 bits per heavy atom. The molecule has 0 unspecified atom stereocenters. The summed E-state index contributed by atoms with van der Waals surface area (Å²) >= 11 is 0. The van der Waals surface area contributed by atoms with Crippen LogP contribution < -0.4 is 0 Å². The molecule has 0 spiro atoms. The Morgan fingerprint density at radius 2 is 2.25 bits per heavy atom. The van der Waals surface area contributed by atoms with Gasteiger partial charge in [0.05, 0.1) is 0 Å². The molecule has 0 fully saturated rings. The van der Waals surface area contributed by atoms with Gasteiger partial charge in [-0.15, -0.1) is 5.73 Å². The molecule has 0 amide bonds. The second-order valence-electron chi connectivity index (χ2n) is 1.27. The molecule has 8 heavy (non-hydrogen) atoms. The maximum absolute atomic E-state index is 2.90. The van der Waals surface area contributed by atoms with Crippen LogP contribution >= 0.6 is 0 Å². The van der Waals surface area contributed by atoms with Gasteiger partial charge in [0.25, 0.3) is 0 Å². The third kappa shape index (κ3) is 5.08. The Labute approximate surface area is 50.9 Å². The molecule has 0 aliphatic rings. The number of hydrogen-bond acceptors (Lipinski definition) is 0. The van der Waals surface area contributed by atoms with Crippen LogP contribution in [0.15, 0.2) is 17.9 Å². The van der Waals surface area contributed by atoms with Gasteiger partial charge >= 0.3 is 0 Å². The Balaban J connectivity index is 3.58. The third-order valence-corrected chi connectivity index (χ3v) is 0.601. The summed E-state index contributed by atoms with van der Waals surface area (Å²) in [7, 11) is 0. The Kier molecular flexibility index (Phi) is 5.38. The van der Waals surface area contributed by atoms with Gasteiger partial charge < -0.3 is 0 Å². The van der Waals surface area contributed by atoms with Crippen molar-refractivity contribution in [1.82, 2.24) is 0 Å². The van der Waals surface area contributed by atoms with Crippen LogP contribution in [0, 0.1) is 11.8 Å². The molecule has 0 N–H and O–H groups in total. The van der Waals surface area contributed by atoms with Crippen LogP contribution in [0.2, 0.25) is 0 Å². The first-order valence-electron chi connectivity index (χ1n) is 2.75. The van der Waals surface area contributed by atoms with Gasteiger partial charge in [0.15, 0.2) is 0 Å². The number of allylic oxidation sites excluding steroid dienone is 1. The van der Waals surface area contributed by atoms with Crippen LogP contribution in [0.1, 0.15) is 20.3 Å². The zero-order valence-corrected chi connectivity index (χ0v) is 5.36. The molecule has 0 nitrogen and oxygen atoms in total. The first-order chi connectivity index (χ1) is 3.91. The predicted octanol–water partition coefficient (Wildman–Crippen LogP) is 2.13. The summed E-state index contributed by atoms with van der Waals surface area (Å²) in [4.78, 5) is 0. The van der Waals surface area contributed by atoms with Crippen molar-refractivity contribution in [2.45, 2.75) is 20.3 Å². The Bertz CT molecular complexity index is 147. The largest absolute Gasteiger partial charge is 0.116 e. The smallest absolute Gasteiger partial charge is 0.0298 e. The zero-order valence-electron chi connectivity index (χ0n) is 5.36. The van der Waals surface area contributed by atoms with Gasteiger partial charge in [-0.2, -0.15) is 0 Å². The van der Waals surface area contributed by atoms with E-state index in [1.807, 2.05) is 19.9 Å². The van der Waals surface area contributed by atoms with Crippen molar-refractivity contribution in [2.75, 3.05) is 0 Å². The summed E-state index contributed by atoms with van der Waals surface area (Å²) in [5, 5.41) is 0. The van der Waals surface area contributed by atoms with E-state index >= 15 is 0 Å². The molecule has 0 aliphatic heterocycles. The quantitative estimate of drug-likeness (QED) is 0.328. The van der Waals surface area contributed by atoms with Gasteiger partial charge in [0.1, 0.15) is 0 Å². The van der Waals surface area contributed by atoms with E-state index in [-0.39, 0.29) is 0 Å². The van der Waals surface area contributed by atoms with Gasteiger partial charge in [-0.1, -0.05) is 18.8 Å². The third-order valence-electron chi connectivity index (χ3n) is 0.601. The fourth-order valence-electron chi connectivity index (χ4n) is 0.278. The molecule has 0 aliphatic carbocycles. The summed E-state index contributed by atoms with van der Waals surface area (Å²) in [5.74, 6) is 5.71. The molecule has 0 bridgehead atoms. The lowest BCUT2D eigenvalue weighted by Gasteiger charge is -1.62. The van der Waals surface area contributed by atoms with Crippen LogP contribution in [-0.2, 0) is 0 Å². The van der Waals surface area contributed by atoms with E-state index in [9.17, 15) is 0 Å². The lowest BCUT2D eigenvalue weighted by atomic mass is 10.4. The van der Waals surface area contributed by atoms with E-state index < -0.39 is 0 Å². The molecule has 0 aromatic heterocycles. The van der Waals surface area contributed by atoms with E-state index in [4.69, 9.17) is 0 Å². The minimum absolute atomic E-state index is 0.919. The molecule has 0 saturated heterocycles. The van der Waals surface area contributed by atoms with Crippen molar-refractivity contribution in [3.05, 3.63) is 17.9 Å². The van der Waals surface area contributed by atoms with Crippen molar-refractivity contribution in [2.24, 2.45) is 0 Å². The summed E-state index contributed by atoms with van der Waals surface area (Å²) < 4.78 is 0. The fourth-order valence-corrected chi connectivity index (χ4v) is 0.278. The van der Waals surface area contributed by atoms with Gasteiger partial charge in [-0.25, -0.2) is 0 Å². The molecule has 0 saturated carbocycles. The lowest BCUT2D eigenvalue weighted by Crippen LogP contribution is -1.49. The van der Waals surface area contributed by atoms with Crippen LogP contribution in [0.25, 0.3) is 0 Å². The molecule has 0 aromatic carbocycles. The maximum atomic E-state index is 2.90. The van der Waals surface area contributed by atoms with E-state index in [0.29, 0.717) is 0 Å². The average molecular weight is 106 g/mol. The monoisotopic (exact) mass is 106 g/mol. The number of rotatable bonds is 0. The van der Waals surface area contributed by atoms with Crippen molar-refractivity contribution >= 4 is 0 Å². The van der Waals surface area contributed by atoms with E-state index in [0.717, 1.165) is 6.42 Å². The van der Waals surface area contributed by atoms with Gasteiger partial charge in [-0.05, 0) is 13.0 Å². The normalized spacial score (nSPS) is 5.75. The van der Waals surface area contributed by atoms with Gasteiger partial charge in [0.2, 0.25) is 0 Å². The molecule has 0 aromatic rings. The average Bonchev–Trinajstić information content (AvgIpc) is 1.81. The maximum Gasteiger partial charge on any atom is 0.0298 e. The second kappa shape index (κ2) is 6.08. The molecular formula is C8H10. The molecule has 0 heteroatoms. The highest BCUT2D eigenvalue weighted by Gasteiger charge is 1.54. The van der Waals surface area contributed by atoms with E-state index in [1.54, 1.807) is 6.08 Å². The van der Waals surface area contributed by atoms with E-state index in [2.05, 4.69) is 17.6 Å². The summed E-state index contributed by atoms with van der Waals surface area (Å²) in [6, 6.07) is 0. The van der Waals surface area contributed by atoms with Crippen molar-refractivity contribution in [1.29, 1.82) is 0 Å². The first-order valence-corrected chi connectivity index (χ1v) is 2.75. The highest BCUT2D eigenvalue weighted by molar-refractivity contribution is 5.14. The fraction of sp³-hybridized carbons (Fsp3) is 0.375. The SMILES string of the molecule is CC=C=CC#CCC. The summed E-state index contributed by atoms with van der Waals surface area (Å²) in [5.41, 5.74) is 2.86. The minimum Gasteiger partial charge on any atom is -0.116 e. The topological polar surface area (TPSA) is 0 Å².